The average Bonchev–Trinajstić information content (AvgIpc) is 2.50. The number of benzene rings is 1. The zero-order valence-electron chi connectivity index (χ0n) is 13.7. The number of hydrogen-bond donors (Lipinski definition) is 0. The summed E-state index contributed by atoms with van der Waals surface area (Å²) in [7, 11) is -11.3. The summed E-state index contributed by atoms with van der Waals surface area (Å²) in [6.45, 7) is 3.24. The van der Waals surface area contributed by atoms with Crippen molar-refractivity contribution >= 4 is 26.0 Å². The molecule has 1 rings (SSSR count). The molecule has 0 aliphatic heterocycles. The number of rotatable bonds is 8. The van der Waals surface area contributed by atoms with Gasteiger partial charge in [-0.05, 0) is 42.4 Å². The van der Waals surface area contributed by atoms with Gasteiger partial charge in [-0.1, -0.05) is 26.0 Å². The molecular formula is C14H16F3NO6S2-2. The van der Waals surface area contributed by atoms with Crippen LogP contribution in [0.25, 0.3) is 4.13 Å². The largest absolute Gasteiger partial charge is 0.550 e. The van der Waals surface area contributed by atoms with E-state index in [1.807, 2.05) is 4.13 Å². The van der Waals surface area contributed by atoms with Crippen molar-refractivity contribution in [3.63, 3.8) is 0 Å². The van der Waals surface area contributed by atoms with Crippen LogP contribution in [0.2, 0.25) is 0 Å². The van der Waals surface area contributed by atoms with Gasteiger partial charge in [0, 0.05) is 10.9 Å². The van der Waals surface area contributed by atoms with Crippen LogP contribution in [0.15, 0.2) is 29.2 Å². The second kappa shape index (κ2) is 7.92. The first-order chi connectivity index (χ1) is 11.7. The molecule has 7 nitrogen and oxygen atoms in total. The number of hydrogen-bond acceptors (Lipinski definition) is 6. The molecule has 0 N–H and O–H groups in total. The van der Waals surface area contributed by atoms with Gasteiger partial charge in [-0.2, -0.15) is 13.2 Å². The minimum atomic E-state index is -6.20. The fraction of sp³-hybridized carbons (Fsp3) is 0.500. The lowest BCUT2D eigenvalue weighted by molar-refractivity contribution is -0.311. The Balaban J connectivity index is 3.07. The van der Waals surface area contributed by atoms with E-state index in [-0.39, 0.29) is 12.3 Å². The Morgan fingerprint density at radius 1 is 1.15 bits per heavy atom. The monoisotopic (exact) mass is 415 g/mol. The van der Waals surface area contributed by atoms with Gasteiger partial charge in [0.15, 0.2) is 10.0 Å². The van der Waals surface area contributed by atoms with Gasteiger partial charge in [0.25, 0.3) is 0 Å². The summed E-state index contributed by atoms with van der Waals surface area (Å²) in [5.41, 5.74) is -5.27. The van der Waals surface area contributed by atoms with E-state index in [0.29, 0.717) is 12.0 Å². The van der Waals surface area contributed by atoms with Crippen molar-refractivity contribution in [3.05, 3.63) is 34.0 Å². The van der Waals surface area contributed by atoms with Crippen molar-refractivity contribution in [1.29, 1.82) is 0 Å². The predicted molar refractivity (Wildman–Crippen MR) is 83.8 cm³/mol. The lowest BCUT2D eigenvalue weighted by Gasteiger charge is -2.23. The van der Waals surface area contributed by atoms with Gasteiger partial charge in [0.2, 0.25) is 0 Å². The molecule has 0 fully saturated rings. The number of carboxylic acid groups (broad SMARTS) is 1. The molecule has 1 aromatic rings. The maximum absolute atomic E-state index is 12.3. The first kappa shape index (κ1) is 22.4. The third-order valence-corrected chi connectivity index (χ3v) is 6.69. The van der Waals surface area contributed by atoms with Crippen LogP contribution in [-0.4, -0.2) is 28.3 Å². The minimum Gasteiger partial charge on any atom is -0.550 e. The third kappa shape index (κ3) is 5.42. The maximum atomic E-state index is 12.3. The summed E-state index contributed by atoms with van der Waals surface area (Å²) in [6.07, 6.45) is 0.744. The summed E-state index contributed by atoms with van der Waals surface area (Å²) in [5.74, 6) is -2.25. The molecule has 2 unspecified atom stereocenters. The van der Waals surface area contributed by atoms with Gasteiger partial charge in [-0.25, -0.2) is 16.8 Å². The summed E-state index contributed by atoms with van der Waals surface area (Å²) in [6, 6.07) is 4.40. The Morgan fingerprint density at radius 3 is 2.04 bits per heavy atom. The van der Waals surface area contributed by atoms with E-state index in [4.69, 9.17) is 0 Å². The number of carboxylic acids is 1. The maximum Gasteiger partial charge on any atom is 0.480 e. The fourth-order valence-corrected chi connectivity index (χ4v) is 4.38. The first-order valence-electron chi connectivity index (χ1n) is 7.32. The van der Waals surface area contributed by atoms with Crippen LogP contribution in [0.3, 0.4) is 0 Å². The van der Waals surface area contributed by atoms with Crippen molar-refractivity contribution in [2.75, 3.05) is 0 Å². The molecule has 0 aliphatic rings. The smallest absolute Gasteiger partial charge is 0.480 e. The lowest BCUT2D eigenvalue weighted by Crippen LogP contribution is -2.30. The molecule has 0 saturated carbocycles. The molecule has 12 heteroatoms. The minimum absolute atomic E-state index is 0.220. The molecule has 0 amide bonds. The molecule has 26 heavy (non-hydrogen) atoms. The van der Waals surface area contributed by atoms with Crippen molar-refractivity contribution in [1.82, 2.24) is 0 Å². The third-order valence-electron chi connectivity index (χ3n) is 3.67. The van der Waals surface area contributed by atoms with E-state index in [2.05, 4.69) is 0 Å². The van der Waals surface area contributed by atoms with E-state index in [1.165, 1.54) is 19.1 Å². The van der Waals surface area contributed by atoms with Crippen molar-refractivity contribution in [3.8, 4) is 0 Å². The van der Waals surface area contributed by atoms with E-state index in [9.17, 15) is 39.9 Å². The van der Waals surface area contributed by atoms with E-state index in [0.717, 1.165) is 12.1 Å². The van der Waals surface area contributed by atoms with Crippen LogP contribution in [0.5, 0.6) is 0 Å². The second-order valence-corrected chi connectivity index (χ2v) is 9.03. The Labute approximate surface area is 149 Å². The van der Waals surface area contributed by atoms with Gasteiger partial charge in [-0.15, -0.1) is 0 Å². The van der Waals surface area contributed by atoms with Crippen LogP contribution in [0, 0.1) is 5.92 Å². The lowest BCUT2D eigenvalue weighted by atomic mass is 9.88. The summed E-state index contributed by atoms with van der Waals surface area (Å²) in [5, 5.41) is 10.8. The molecule has 0 radical (unpaired) electrons. The van der Waals surface area contributed by atoms with Gasteiger partial charge >= 0.3 is 5.51 Å². The van der Waals surface area contributed by atoms with Crippen LogP contribution >= 0.6 is 0 Å². The quantitative estimate of drug-likeness (QED) is 0.639. The molecule has 0 heterocycles. The van der Waals surface area contributed by atoms with Crippen LogP contribution < -0.4 is 5.11 Å². The first-order valence-corrected chi connectivity index (χ1v) is 10.2. The van der Waals surface area contributed by atoms with Gasteiger partial charge < -0.3 is 14.0 Å². The van der Waals surface area contributed by atoms with Gasteiger partial charge in [-0.3, -0.25) is 0 Å². The molecule has 0 bridgehead atoms. The van der Waals surface area contributed by atoms with Gasteiger partial charge in [0.05, 0.1) is 0 Å². The molecule has 1 aromatic carbocycles. The van der Waals surface area contributed by atoms with E-state index in [1.54, 1.807) is 6.92 Å². The topological polar surface area (TPSA) is 123 Å². The molecule has 0 aliphatic carbocycles. The van der Waals surface area contributed by atoms with E-state index >= 15 is 0 Å². The number of sulfonamides is 2. The van der Waals surface area contributed by atoms with Crippen LogP contribution in [0.1, 0.15) is 38.2 Å². The SMILES string of the molecule is CCC(CC(C)C(=O)[O-])c1ccc(S(=O)(=O)[N-]S(=O)(=O)C(F)(F)F)cc1. The van der Waals surface area contributed by atoms with Gasteiger partial charge in [0.1, 0.15) is 10.0 Å². The number of alkyl halides is 3. The fourth-order valence-electron chi connectivity index (χ4n) is 2.19. The average molecular weight is 415 g/mol. The highest BCUT2D eigenvalue weighted by atomic mass is 32.3. The summed E-state index contributed by atoms with van der Waals surface area (Å²) < 4.78 is 84.2. The molecule has 0 spiro atoms. The Morgan fingerprint density at radius 2 is 1.65 bits per heavy atom. The predicted octanol–water partition coefficient (Wildman–Crippen LogP) is 1.87. The van der Waals surface area contributed by atoms with Crippen LogP contribution in [0.4, 0.5) is 13.2 Å². The Kier molecular flexibility index (Phi) is 6.82. The van der Waals surface area contributed by atoms with Crippen LogP contribution in [-0.2, 0) is 24.8 Å². The second-order valence-electron chi connectivity index (χ2n) is 5.60. The normalized spacial score (nSPS) is 15.4. The van der Waals surface area contributed by atoms with Crippen molar-refractivity contribution in [2.24, 2.45) is 5.92 Å². The molecule has 148 valence electrons. The number of nitrogens with zero attached hydrogens (tertiary/aromatic N) is 1. The Hall–Kier alpha value is -1.66. The van der Waals surface area contributed by atoms with Crippen molar-refractivity contribution < 1.29 is 39.9 Å². The zero-order chi connectivity index (χ0) is 20.3. The standard InChI is InChI=1S/C14H17F3NO6S2/c1-3-10(8-9(2)13(19)20)11-4-6-12(7-5-11)25(21,22)18-26(23,24)14(15,16)17/h4-7,9-10H,3,8H2,1-2H3,(H,19,20)/q-1/p-1. The Bertz CT molecular complexity index is 848. The molecule has 0 aromatic heterocycles. The summed E-state index contributed by atoms with van der Waals surface area (Å²) >= 11 is 0. The number of carbonyl (C=O) groups is 1. The highest BCUT2D eigenvalue weighted by Crippen LogP contribution is 2.33. The van der Waals surface area contributed by atoms with E-state index < -0.39 is 42.3 Å². The number of carbonyl (C=O) groups excluding carboxylic acids is 1. The highest BCUT2D eigenvalue weighted by molar-refractivity contribution is 8.12. The highest BCUT2D eigenvalue weighted by Gasteiger charge is 2.40. The molecular weight excluding hydrogens is 399 g/mol. The molecule has 0 saturated heterocycles. The van der Waals surface area contributed by atoms with Crippen molar-refractivity contribution in [2.45, 2.75) is 43.0 Å². The number of aliphatic carboxylic acids is 1. The summed E-state index contributed by atoms with van der Waals surface area (Å²) in [4.78, 5) is 10.1. The zero-order valence-corrected chi connectivity index (χ0v) is 15.4. The molecule has 2 atom stereocenters. The number of halogens is 3.